The fraction of sp³-hybridized carbons (Fsp3) is 0.0638. The van der Waals surface area contributed by atoms with Crippen LogP contribution >= 0.6 is 7.82 Å². The first-order chi connectivity index (χ1) is 32.6. The van der Waals surface area contributed by atoms with Crippen LogP contribution in [0.25, 0.3) is 10.8 Å². The summed E-state index contributed by atoms with van der Waals surface area (Å²) in [5.74, 6) is 2.38. The number of fused-ring (bicyclic) bond motifs is 11. The second-order valence-electron chi connectivity index (χ2n) is 15.6. The van der Waals surface area contributed by atoms with Crippen molar-refractivity contribution in [1.29, 1.82) is 5.41 Å². The molecule has 0 spiro atoms. The van der Waals surface area contributed by atoms with Crippen molar-refractivity contribution in [3.63, 3.8) is 0 Å². The average molecular weight is 923 g/mol. The molecule has 6 aromatic carbocycles. The summed E-state index contributed by atoms with van der Waals surface area (Å²) < 4.78 is 38.5. The third kappa shape index (κ3) is 7.23. The van der Waals surface area contributed by atoms with Gasteiger partial charge in [-0.3, -0.25) is 30.2 Å². The third-order valence-electron chi connectivity index (χ3n) is 11.6. The number of rotatable bonds is 11. The lowest BCUT2D eigenvalue weighted by molar-refractivity contribution is -0.385. The number of aliphatic imine (C=N–C) groups is 5. The molecule has 0 radical (unpaired) electrons. The zero-order valence-corrected chi connectivity index (χ0v) is 37.1. The summed E-state index contributed by atoms with van der Waals surface area (Å²) in [6, 6.07) is 40.3. The maximum Gasteiger partial charge on any atom is 0.621 e. The highest BCUT2D eigenvalue weighted by molar-refractivity contribution is 7.49. The van der Waals surface area contributed by atoms with Crippen molar-refractivity contribution in [2.45, 2.75) is 18.3 Å². The number of hydrogen-bond acceptors (Lipinski definition) is 13. The number of nitro benzene ring substituents is 2. The van der Waals surface area contributed by atoms with Crippen LogP contribution in [-0.2, 0) is 9.09 Å². The van der Waals surface area contributed by atoms with Crippen LogP contribution in [0.15, 0.2) is 171 Å². The number of hydrogen-bond donors (Lipinski definition) is 1. The van der Waals surface area contributed by atoms with E-state index in [4.69, 9.17) is 38.5 Å². The Morgan fingerprint density at radius 3 is 1.84 bits per heavy atom. The molecule has 11 rings (SSSR count). The van der Waals surface area contributed by atoms with Gasteiger partial charge in [0.15, 0.2) is 17.5 Å². The minimum absolute atomic E-state index is 0.0821. The quantitative estimate of drug-likeness (QED) is 0.0563. The van der Waals surface area contributed by atoms with E-state index in [2.05, 4.69) is 0 Å². The van der Waals surface area contributed by atoms with Crippen LogP contribution in [0.2, 0.25) is 0 Å². The van der Waals surface area contributed by atoms with Crippen molar-refractivity contribution >= 4 is 91.6 Å². The van der Waals surface area contributed by atoms with Crippen LogP contribution in [0.5, 0.6) is 11.5 Å². The molecule has 326 valence electrons. The van der Waals surface area contributed by atoms with Gasteiger partial charge in [-0.1, -0.05) is 104 Å². The minimum atomic E-state index is -4.92. The van der Waals surface area contributed by atoms with Crippen molar-refractivity contribution in [3.8, 4) is 11.5 Å². The average Bonchev–Trinajstić information content (AvgIpc) is 4.07. The molecule has 1 N–H and O–H groups in total. The van der Waals surface area contributed by atoms with Gasteiger partial charge in [-0.2, -0.15) is 0 Å². The number of non-ortho nitro benzene ring substituents is 2. The first-order valence-electron chi connectivity index (χ1n) is 20.9. The Morgan fingerprint density at radius 1 is 0.687 bits per heavy atom. The largest absolute Gasteiger partial charge is 0.621 e. The summed E-state index contributed by atoms with van der Waals surface area (Å²) >= 11 is -3.52. The molecule has 2 bridgehead atoms. The van der Waals surface area contributed by atoms with Gasteiger partial charge < -0.3 is 16.5 Å². The number of benzene rings is 6. The summed E-state index contributed by atoms with van der Waals surface area (Å²) in [6.07, 6.45) is 1.89. The van der Waals surface area contributed by atoms with E-state index < -0.39 is 37.2 Å². The van der Waals surface area contributed by atoms with Gasteiger partial charge in [0, 0.05) is 74.6 Å². The van der Waals surface area contributed by atoms with E-state index in [-0.39, 0.29) is 35.1 Å². The molecule has 18 nitrogen and oxygen atoms in total. The Labute approximate surface area is 384 Å². The number of nitrogens with zero attached hydrogens (tertiary/aromatic N) is 9. The number of aromatic nitrogens is 1. The summed E-state index contributed by atoms with van der Waals surface area (Å²) in [5.41, 5.74) is 3.92. The smallest absolute Gasteiger partial charge is 0.395 e. The van der Waals surface area contributed by atoms with Crippen LogP contribution in [0.3, 0.4) is 0 Å². The SMILES string of the molecule is CC[CH](OP(=O)(Oc1ccc([N+](=O)[O-])cc1)Oc1ccc([N+](=O)[O-])cc1)[Al]1[N]2C(=N)c3ccccc3C2=NC2=NC(=Nc3c4ccccc4c(N=C4N=Cc5ccccc54)[n]31)c1ccccc12. The van der Waals surface area contributed by atoms with Gasteiger partial charge in [0.05, 0.1) is 14.8 Å². The van der Waals surface area contributed by atoms with E-state index in [1.807, 2.05) is 111 Å². The predicted molar refractivity (Wildman–Crippen MR) is 254 cm³/mol. The van der Waals surface area contributed by atoms with Gasteiger partial charge in [-0.15, -0.1) is 0 Å². The zero-order valence-electron chi connectivity index (χ0n) is 35.0. The predicted octanol–water partition coefficient (Wildman–Crippen LogP) is 9.85. The highest BCUT2D eigenvalue weighted by Crippen LogP contribution is 2.53. The summed E-state index contributed by atoms with van der Waals surface area (Å²) in [6.45, 7) is 1.84. The molecule has 67 heavy (non-hydrogen) atoms. The highest BCUT2D eigenvalue weighted by atomic mass is 31.2. The molecule has 0 amide bonds. The second-order valence-corrected chi connectivity index (χ2v) is 19.6. The molecule has 0 saturated heterocycles. The molecule has 4 aliphatic rings. The van der Waals surface area contributed by atoms with Gasteiger partial charge in [0.1, 0.15) is 34.8 Å². The standard InChI is InChI=1S/C32H18N8.C15H14N2O8P.Al/c33-26-20-11-3-4-12-21(20)28(35-26)37-30-24-15-7-8-16-25(24)32(39-30)40-31-23-14-6-5-13-22(23)29(38-31)36-27-19-10-2-1-9-18(19)17-34-27;1-2-11-23-26(22,24-14-7-3-12(4-8-14)16(18)19)25-15-9-5-13(6-10-15)17(20)21;/h1-17H,(H-,33,35,37,39,40);3-11H,2H2,1H3;/q-2;;+2. The Kier molecular flexibility index (Phi) is 10.1. The van der Waals surface area contributed by atoms with Crippen molar-refractivity contribution in [1.82, 2.24) is 7.43 Å². The van der Waals surface area contributed by atoms with Gasteiger partial charge in [-0.25, -0.2) is 29.5 Å². The molecule has 4 aliphatic heterocycles. The van der Waals surface area contributed by atoms with Gasteiger partial charge in [0.2, 0.25) is 0 Å². The number of phosphoric ester groups is 1. The fourth-order valence-electron chi connectivity index (χ4n) is 8.53. The monoisotopic (exact) mass is 922 g/mol. The van der Waals surface area contributed by atoms with Crippen LogP contribution in [0.4, 0.5) is 23.0 Å². The first kappa shape index (κ1) is 41.5. The molecule has 1 aromatic heterocycles. The van der Waals surface area contributed by atoms with Gasteiger partial charge in [-0.05, 0) is 30.7 Å². The molecule has 0 saturated carbocycles. The molecule has 1 atom stereocenters. The van der Waals surface area contributed by atoms with Crippen molar-refractivity contribution in [2.75, 3.05) is 0 Å². The summed E-state index contributed by atoms with van der Waals surface area (Å²) in [4.78, 5) is 46.6. The highest BCUT2D eigenvalue weighted by Gasteiger charge is 2.54. The van der Waals surface area contributed by atoms with Gasteiger partial charge in [0.25, 0.3) is 11.4 Å². The Bertz CT molecular complexity index is 3420. The molecule has 7 aromatic rings. The lowest BCUT2D eigenvalue weighted by Crippen LogP contribution is -2.56. The van der Waals surface area contributed by atoms with Crippen LogP contribution in [0.1, 0.15) is 46.7 Å². The van der Waals surface area contributed by atoms with E-state index in [0.717, 1.165) is 22.3 Å². The van der Waals surface area contributed by atoms with Crippen molar-refractivity contribution < 1.29 is 28.0 Å². The lowest BCUT2D eigenvalue weighted by Gasteiger charge is -2.34. The van der Waals surface area contributed by atoms with Crippen LogP contribution < -0.4 is 9.05 Å². The van der Waals surface area contributed by atoms with Crippen molar-refractivity contribution in [2.24, 2.45) is 25.0 Å². The summed E-state index contributed by atoms with van der Waals surface area (Å²) in [7, 11) is -4.92. The number of phosphoric acid groups is 1. The van der Waals surface area contributed by atoms with Crippen molar-refractivity contribution in [3.05, 3.63) is 199 Å². The maximum atomic E-state index is 15.6. The normalized spacial score (nSPS) is 15.5. The van der Waals surface area contributed by atoms with E-state index in [0.29, 0.717) is 56.9 Å². The number of amidine groups is 5. The first-order valence-corrected chi connectivity index (χ1v) is 24.1. The van der Waals surface area contributed by atoms with Crippen LogP contribution in [0, 0.1) is 25.6 Å². The molecule has 20 heteroatoms. The molecule has 0 aliphatic carbocycles. The topological polar surface area (TPSA) is 225 Å². The molecular formula is C47H32AlN10O8P. The Morgan fingerprint density at radius 2 is 1.22 bits per heavy atom. The Balaban J connectivity index is 1.17. The number of nitro groups is 2. The minimum Gasteiger partial charge on any atom is -0.395 e. The fourth-order valence-corrected chi connectivity index (χ4v) is 13.8. The van der Waals surface area contributed by atoms with E-state index in [1.165, 1.54) is 48.5 Å². The van der Waals surface area contributed by atoms with Gasteiger partial charge >= 0.3 is 22.4 Å². The molecular weight excluding hydrogens is 891 g/mol. The number of nitrogens with one attached hydrogen (secondary N) is 1. The van der Waals surface area contributed by atoms with E-state index >= 15 is 4.57 Å². The third-order valence-corrected chi connectivity index (χ3v) is 16.5. The summed E-state index contributed by atoms with van der Waals surface area (Å²) in [5, 5.41) is 34.6. The van der Waals surface area contributed by atoms with E-state index in [9.17, 15) is 25.6 Å². The molecule has 0 fully saturated rings. The Hall–Kier alpha value is -8.20. The molecule has 1 unspecified atom stereocenters. The molecule has 5 heterocycles. The maximum absolute atomic E-state index is 15.6. The van der Waals surface area contributed by atoms with E-state index in [1.54, 1.807) is 6.21 Å². The second kappa shape index (κ2) is 16.4. The lowest BCUT2D eigenvalue weighted by atomic mass is 10.1. The zero-order chi connectivity index (χ0) is 46.0. The van der Waals surface area contributed by atoms with Crippen LogP contribution in [-0.4, -0.2) is 72.2 Å².